The molecule has 2 fully saturated rings. The van der Waals surface area contributed by atoms with Crippen LogP contribution in [0.1, 0.15) is 64.3 Å². The molecule has 43 heavy (non-hydrogen) atoms. The molecule has 2 aliphatic rings. The summed E-state index contributed by atoms with van der Waals surface area (Å²) in [6.07, 6.45) is -2.98. The van der Waals surface area contributed by atoms with Crippen LogP contribution in [0, 0.1) is 6.92 Å². The van der Waals surface area contributed by atoms with Gasteiger partial charge in [-0.25, -0.2) is 4.79 Å². The van der Waals surface area contributed by atoms with Gasteiger partial charge in [0.15, 0.2) is 20.6 Å². The van der Waals surface area contributed by atoms with Crippen LogP contribution < -0.4 is 11.2 Å². The quantitative estimate of drug-likeness (QED) is 0.219. The zero-order valence-corrected chi connectivity index (χ0v) is 27.1. The van der Waals surface area contributed by atoms with Crippen LogP contribution in [0.15, 0.2) is 46.1 Å². The second-order valence-corrected chi connectivity index (χ2v) is 19.1. The topological polar surface area (TPSA) is 126 Å². The SMILES string of the molecule is CC[C@]1(C2(O[Si](C)(C)C(C)(C)C)CC2)O[C@@H](n2cc(C)c(=O)[nH]c2=O)[C@@H](OS(=O)(=O)C(F)(F)F)C1OCc1ccccc1. The highest BCUT2D eigenvalue weighted by atomic mass is 32.2. The van der Waals surface area contributed by atoms with Crippen LogP contribution in [0.3, 0.4) is 0 Å². The lowest BCUT2D eigenvalue weighted by atomic mass is 9.84. The van der Waals surface area contributed by atoms with Gasteiger partial charge in [-0.15, -0.1) is 0 Å². The van der Waals surface area contributed by atoms with E-state index in [0.717, 1.165) is 10.8 Å². The van der Waals surface area contributed by atoms with E-state index in [0.29, 0.717) is 18.4 Å². The molecule has 0 spiro atoms. The summed E-state index contributed by atoms with van der Waals surface area (Å²) in [6, 6.07) is 8.80. The molecule has 240 valence electrons. The summed E-state index contributed by atoms with van der Waals surface area (Å²) in [4.78, 5) is 27.3. The van der Waals surface area contributed by atoms with Gasteiger partial charge in [-0.05, 0) is 49.9 Å². The molecule has 0 bridgehead atoms. The Morgan fingerprint density at radius 1 is 1.12 bits per heavy atom. The Labute approximate surface area is 249 Å². The van der Waals surface area contributed by atoms with E-state index in [4.69, 9.17) is 18.1 Å². The van der Waals surface area contributed by atoms with Crippen molar-refractivity contribution in [2.75, 3.05) is 0 Å². The first kappa shape index (κ1) is 33.6. The number of halogens is 3. The number of H-pyrrole nitrogens is 1. The van der Waals surface area contributed by atoms with Crippen molar-refractivity contribution < 1.29 is 39.7 Å². The summed E-state index contributed by atoms with van der Waals surface area (Å²) in [5.41, 5.74) is -9.36. The number of nitrogens with zero attached hydrogens (tertiary/aromatic N) is 1. The number of hydrogen-bond acceptors (Lipinski definition) is 8. The number of aryl methyl sites for hydroxylation is 1. The Bertz CT molecular complexity index is 1550. The standard InChI is InChI=1S/C28H39F3N2O8SSi/c1-8-27(26(14-15-26)41-43(6,7)25(3,4)5)21(38-17-19-12-10-9-11-13-19)20(40-42(36,37)28(29,30)31)23(39-27)33-16-18(2)22(34)32-24(33)35/h9-13,16,20-21,23H,8,14-15,17H2,1-7H3,(H,32,34,35)/t20-,21?,23+,27-/m0/s1. The van der Waals surface area contributed by atoms with Gasteiger partial charge in [0.05, 0.1) is 12.2 Å². The summed E-state index contributed by atoms with van der Waals surface area (Å²) < 4.78 is 91.8. The number of ether oxygens (including phenoxy) is 2. The molecule has 4 atom stereocenters. The monoisotopic (exact) mass is 648 g/mol. The normalized spacial score (nSPS) is 26.0. The Kier molecular flexibility index (Phi) is 8.79. The van der Waals surface area contributed by atoms with Gasteiger partial charge in [0.25, 0.3) is 5.56 Å². The Balaban J connectivity index is 1.93. The van der Waals surface area contributed by atoms with E-state index in [1.54, 1.807) is 37.3 Å². The maximum Gasteiger partial charge on any atom is 0.523 e. The molecule has 1 aliphatic heterocycles. The van der Waals surface area contributed by atoms with Crippen LogP contribution in [0.25, 0.3) is 0 Å². The van der Waals surface area contributed by atoms with Crippen molar-refractivity contribution in [3.8, 4) is 0 Å². The summed E-state index contributed by atoms with van der Waals surface area (Å²) >= 11 is 0. The fraction of sp³-hybridized carbons (Fsp3) is 0.643. The third kappa shape index (κ3) is 6.16. The molecule has 4 rings (SSSR count). The number of rotatable bonds is 10. The smallest absolute Gasteiger partial charge is 0.408 e. The fourth-order valence-electron chi connectivity index (χ4n) is 5.38. The molecule has 2 aromatic rings. The van der Waals surface area contributed by atoms with Crippen molar-refractivity contribution >= 4 is 18.4 Å². The summed E-state index contributed by atoms with van der Waals surface area (Å²) in [6.45, 7) is 13.2. The molecule has 1 saturated heterocycles. The van der Waals surface area contributed by atoms with Crippen LogP contribution in [-0.4, -0.2) is 55.2 Å². The molecule has 1 aliphatic carbocycles. The first-order valence-corrected chi connectivity index (χ1v) is 18.4. The van der Waals surface area contributed by atoms with Crippen molar-refractivity contribution in [2.24, 2.45) is 0 Å². The Morgan fingerprint density at radius 2 is 1.72 bits per heavy atom. The van der Waals surface area contributed by atoms with Gasteiger partial charge >= 0.3 is 21.3 Å². The van der Waals surface area contributed by atoms with Gasteiger partial charge in [0.2, 0.25) is 0 Å². The van der Waals surface area contributed by atoms with E-state index >= 15 is 0 Å². The van der Waals surface area contributed by atoms with Gasteiger partial charge in [-0.1, -0.05) is 58.0 Å². The van der Waals surface area contributed by atoms with Gasteiger partial charge in [-0.3, -0.25) is 18.5 Å². The molecule has 0 radical (unpaired) electrons. The largest absolute Gasteiger partial charge is 0.523 e. The van der Waals surface area contributed by atoms with E-state index in [9.17, 15) is 31.2 Å². The average Bonchev–Trinajstić information content (AvgIpc) is 3.60. The summed E-state index contributed by atoms with van der Waals surface area (Å²) in [5.74, 6) is 0. The van der Waals surface area contributed by atoms with Gasteiger partial charge < -0.3 is 13.9 Å². The number of hydrogen-bond donors (Lipinski definition) is 1. The maximum absolute atomic E-state index is 13.7. The minimum Gasteiger partial charge on any atom is -0.408 e. The molecule has 0 amide bonds. The lowest BCUT2D eigenvalue weighted by molar-refractivity contribution is -0.185. The highest BCUT2D eigenvalue weighted by molar-refractivity contribution is 7.87. The molecule has 15 heteroatoms. The molecule has 1 N–H and O–H groups in total. The molecular weight excluding hydrogens is 609 g/mol. The second-order valence-electron chi connectivity index (χ2n) is 12.8. The number of benzene rings is 1. The first-order valence-electron chi connectivity index (χ1n) is 14.1. The lowest BCUT2D eigenvalue weighted by Gasteiger charge is -2.47. The van der Waals surface area contributed by atoms with Crippen LogP contribution in [0.5, 0.6) is 0 Å². The van der Waals surface area contributed by atoms with E-state index < -0.39 is 64.8 Å². The van der Waals surface area contributed by atoms with Crippen molar-refractivity contribution in [1.29, 1.82) is 0 Å². The van der Waals surface area contributed by atoms with Crippen LogP contribution in [0.4, 0.5) is 13.2 Å². The number of aromatic nitrogens is 2. The fourth-order valence-corrected chi connectivity index (χ4v) is 7.64. The van der Waals surface area contributed by atoms with Crippen molar-refractivity contribution in [2.45, 2.75) is 114 Å². The molecule has 1 unspecified atom stereocenters. The molecule has 1 aromatic heterocycles. The predicted molar refractivity (Wildman–Crippen MR) is 154 cm³/mol. The van der Waals surface area contributed by atoms with Crippen LogP contribution in [0.2, 0.25) is 18.1 Å². The van der Waals surface area contributed by atoms with Gasteiger partial charge in [0, 0.05) is 11.8 Å². The Hall–Kier alpha value is -2.30. The van der Waals surface area contributed by atoms with E-state index in [1.165, 1.54) is 6.92 Å². The second kappa shape index (κ2) is 11.2. The van der Waals surface area contributed by atoms with E-state index in [2.05, 4.69) is 4.98 Å². The highest BCUT2D eigenvalue weighted by Crippen LogP contribution is 2.62. The number of nitrogens with one attached hydrogen (secondary N) is 1. The van der Waals surface area contributed by atoms with Gasteiger partial charge in [-0.2, -0.15) is 21.6 Å². The molecule has 1 aromatic carbocycles. The van der Waals surface area contributed by atoms with E-state index in [-0.39, 0.29) is 23.6 Å². The lowest BCUT2D eigenvalue weighted by Crippen LogP contribution is -2.60. The van der Waals surface area contributed by atoms with Crippen LogP contribution >= 0.6 is 0 Å². The van der Waals surface area contributed by atoms with Crippen molar-refractivity contribution in [1.82, 2.24) is 9.55 Å². The highest BCUT2D eigenvalue weighted by Gasteiger charge is 2.73. The molecule has 1 saturated carbocycles. The van der Waals surface area contributed by atoms with Crippen molar-refractivity contribution in [3.63, 3.8) is 0 Å². The summed E-state index contributed by atoms with van der Waals surface area (Å²) in [7, 11) is -8.73. The minimum absolute atomic E-state index is 0.0510. The molecular formula is C28H39F3N2O8SSi. The summed E-state index contributed by atoms with van der Waals surface area (Å²) in [5, 5.41) is -0.252. The zero-order valence-electron chi connectivity index (χ0n) is 25.3. The third-order valence-corrected chi connectivity index (χ3v) is 14.4. The average molecular weight is 649 g/mol. The number of alkyl halides is 3. The first-order chi connectivity index (χ1) is 19.7. The van der Waals surface area contributed by atoms with Gasteiger partial charge in [0.1, 0.15) is 11.7 Å². The third-order valence-electron chi connectivity index (χ3n) is 8.84. The maximum atomic E-state index is 13.7. The molecule has 2 heterocycles. The predicted octanol–water partition coefficient (Wildman–Crippen LogP) is 4.90. The zero-order chi connectivity index (χ0) is 32.2. The van der Waals surface area contributed by atoms with E-state index in [1.807, 2.05) is 33.9 Å². The van der Waals surface area contributed by atoms with Crippen molar-refractivity contribution in [3.05, 3.63) is 68.5 Å². The van der Waals surface area contributed by atoms with Crippen LogP contribution in [-0.2, 0) is 34.8 Å². The number of aromatic amines is 1. The Morgan fingerprint density at radius 3 is 2.23 bits per heavy atom. The molecule has 10 nitrogen and oxygen atoms in total. The minimum atomic E-state index is -6.19.